The van der Waals surface area contributed by atoms with E-state index in [1.54, 1.807) is 0 Å². The summed E-state index contributed by atoms with van der Waals surface area (Å²) in [6.45, 7) is 0. The second-order valence-electron chi connectivity index (χ2n) is 5.43. The van der Waals surface area contributed by atoms with Gasteiger partial charge in [0.15, 0.2) is 16.9 Å². The fourth-order valence-corrected chi connectivity index (χ4v) is 2.88. The van der Waals surface area contributed by atoms with Gasteiger partial charge in [0, 0.05) is 26.9 Å². The van der Waals surface area contributed by atoms with Crippen molar-refractivity contribution in [3.8, 4) is 0 Å². The number of aryl methyl sites for hydroxylation is 2. The second kappa shape index (κ2) is 4.12. The topological polar surface area (TPSA) is 100.0 Å². The maximum atomic E-state index is 12.2. The highest BCUT2D eigenvalue weighted by Crippen LogP contribution is 2.30. The van der Waals surface area contributed by atoms with Gasteiger partial charge >= 0.3 is 5.69 Å². The van der Waals surface area contributed by atoms with E-state index in [1.807, 2.05) is 0 Å². The summed E-state index contributed by atoms with van der Waals surface area (Å²) in [7, 11) is 2.89. The number of hydrogen-bond donors (Lipinski definition) is 0. The lowest BCUT2D eigenvalue weighted by Gasteiger charge is -2.07. The summed E-state index contributed by atoms with van der Waals surface area (Å²) in [5.41, 5.74) is 0.105. The Bertz CT molecular complexity index is 1090. The highest BCUT2D eigenvalue weighted by Gasteiger charge is 2.27. The van der Waals surface area contributed by atoms with Gasteiger partial charge in [-0.15, -0.1) is 0 Å². The lowest BCUT2D eigenvalue weighted by molar-refractivity contribution is 0.0971. The number of hydrogen-bond acceptors (Lipinski definition) is 6. The number of ketones is 1. The number of aromatic nitrogens is 4. The van der Waals surface area contributed by atoms with Gasteiger partial charge in [0.05, 0.1) is 5.56 Å². The Hall–Kier alpha value is -2.77. The van der Waals surface area contributed by atoms with Crippen LogP contribution in [0.3, 0.4) is 0 Å². The van der Waals surface area contributed by atoms with Crippen LogP contribution < -0.4 is 11.2 Å². The molecule has 0 saturated carbocycles. The molecule has 1 aliphatic carbocycles. The molecular formula is C14H12N4O4. The zero-order chi connectivity index (χ0) is 15.6. The SMILES string of the molecule is Cn1c(=O)c2nc3c4c(oc3nc2n(C)c1=O)CCCC4=O. The number of furan rings is 1. The third kappa shape index (κ3) is 1.49. The molecule has 1 aliphatic rings. The minimum absolute atomic E-state index is 0.0460. The number of nitrogens with zero attached hydrogens (tertiary/aromatic N) is 4. The van der Waals surface area contributed by atoms with E-state index in [0.29, 0.717) is 29.7 Å². The van der Waals surface area contributed by atoms with Crippen LogP contribution in [-0.2, 0) is 20.5 Å². The minimum Gasteiger partial charge on any atom is -0.441 e. The quantitative estimate of drug-likeness (QED) is 0.591. The van der Waals surface area contributed by atoms with Gasteiger partial charge in [-0.1, -0.05) is 0 Å². The fraction of sp³-hybridized carbons (Fsp3) is 0.357. The normalized spacial score (nSPS) is 14.7. The highest BCUT2D eigenvalue weighted by molar-refractivity contribution is 6.08. The summed E-state index contributed by atoms with van der Waals surface area (Å²) in [6.07, 6.45) is 1.81. The Morgan fingerprint density at radius 3 is 2.55 bits per heavy atom. The Morgan fingerprint density at radius 2 is 1.77 bits per heavy atom. The maximum Gasteiger partial charge on any atom is 0.332 e. The average molecular weight is 300 g/mol. The molecule has 0 amide bonds. The summed E-state index contributed by atoms with van der Waals surface area (Å²) in [6, 6.07) is 0. The largest absolute Gasteiger partial charge is 0.441 e. The molecule has 0 saturated heterocycles. The predicted octanol–water partition coefficient (Wildman–Crippen LogP) is 0.292. The molecular weight excluding hydrogens is 288 g/mol. The molecule has 0 fully saturated rings. The molecule has 8 heteroatoms. The fourth-order valence-electron chi connectivity index (χ4n) is 2.88. The molecule has 0 spiro atoms. The van der Waals surface area contributed by atoms with Gasteiger partial charge in [-0.3, -0.25) is 18.7 Å². The van der Waals surface area contributed by atoms with Crippen LogP contribution in [0.4, 0.5) is 0 Å². The van der Waals surface area contributed by atoms with Crippen molar-refractivity contribution in [3.05, 3.63) is 32.2 Å². The van der Waals surface area contributed by atoms with Gasteiger partial charge in [-0.05, 0) is 6.42 Å². The van der Waals surface area contributed by atoms with Gasteiger partial charge in [0.1, 0.15) is 11.3 Å². The molecule has 0 aromatic carbocycles. The summed E-state index contributed by atoms with van der Waals surface area (Å²) in [5, 5.41) is 0. The van der Waals surface area contributed by atoms with E-state index in [4.69, 9.17) is 4.42 Å². The molecule has 3 aromatic heterocycles. The Morgan fingerprint density at radius 1 is 1.00 bits per heavy atom. The third-order valence-corrected chi connectivity index (χ3v) is 4.07. The smallest absolute Gasteiger partial charge is 0.332 e. The molecule has 0 N–H and O–H groups in total. The van der Waals surface area contributed by atoms with Crippen molar-refractivity contribution in [2.75, 3.05) is 0 Å². The van der Waals surface area contributed by atoms with Gasteiger partial charge in [-0.25, -0.2) is 9.78 Å². The van der Waals surface area contributed by atoms with Crippen molar-refractivity contribution in [2.45, 2.75) is 19.3 Å². The van der Waals surface area contributed by atoms with E-state index in [-0.39, 0.29) is 22.7 Å². The van der Waals surface area contributed by atoms with E-state index >= 15 is 0 Å². The molecule has 0 aliphatic heterocycles. The first-order chi connectivity index (χ1) is 10.5. The first-order valence-electron chi connectivity index (χ1n) is 6.91. The molecule has 3 aromatic rings. The molecule has 8 nitrogen and oxygen atoms in total. The number of carbonyl (C=O) groups excluding carboxylic acids is 1. The van der Waals surface area contributed by atoms with Crippen LogP contribution in [0.25, 0.3) is 22.4 Å². The van der Waals surface area contributed by atoms with E-state index < -0.39 is 11.2 Å². The van der Waals surface area contributed by atoms with Crippen molar-refractivity contribution in [1.29, 1.82) is 0 Å². The minimum atomic E-state index is -0.536. The van der Waals surface area contributed by atoms with E-state index in [9.17, 15) is 14.4 Å². The summed E-state index contributed by atoms with van der Waals surface area (Å²) < 4.78 is 7.83. The van der Waals surface area contributed by atoms with Gasteiger partial charge in [0.2, 0.25) is 5.71 Å². The molecule has 4 rings (SSSR count). The van der Waals surface area contributed by atoms with Crippen LogP contribution in [0.5, 0.6) is 0 Å². The number of Topliss-reactive ketones (excluding diaryl/α,β-unsaturated/α-hetero) is 1. The zero-order valence-corrected chi connectivity index (χ0v) is 12.0. The Kier molecular flexibility index (Phi) is 2.42. The van der Waals surface area contributed by atoms with Crippen LogP contribution >= 0.6 is 0 Å². The van der Waals surface area contributed by atoms with Crippen molar-refractivity contribution in [2.24, 2.45) is 14.1 Å². The first-order valence-corrected chi connectivity index (χ1v) is 6.91. The molecule has 112 valence electrons. The van der Waals surface area contributed by atoms with Crippen LogP contribution in [-0.4, -0.2) is 24.9 Å². The molecule has 22 heavy (non-hydrogen) atoms. The molecule has 0 atom stereocenters. The van der Waals surface area contributed by atoms with Gasteiger partial charge in [0.25, 0.3) is 5.56 Å². The summed E-state index contributed by atoms with van der Waals surface area (Å²) in [5.74, 6) is 0.513. The molecule has 0 radical (unpaired) electrons. The third-order valence-electron chi connectivity index (χ3n) is 4.07. The maximum absolute atomic E-state index is 12.2. The highest BCUT2D eigenvalue weighted by atomic mass is 16.3. The number of rotatable bonds is 0. The van der Waals surface area contributed by atoms with Gasteiger partial charge in [-0.2, -0.15) is 4.98 Å². The summed E-state index contributed by atoms with van der Waals surface area (Å²) >= 11 is 0. The zero-order valence-electron chi connectivity index (χ0n) is 12.0. The molecule has 0 unspecified atom stereocenters. The number of fused-ring (bicyclic) bond motifs is 4. The molecule has 0 bridgehead atoms. The Labute approximate surface area is 123 Å². The van der Waals surface area contributed by atoms with Gasteiger partial charge < -0.3 is 4.42 Å². The van der Waals surface area contributed by atoms with E-state index in [1.165, 1.54) is 18.7 Å². The van der Waals surface area contributed by atoms with E-state index in [2.05, 4.69) is 9.97 Å². The lowest BCUT2D eigenvalue weighted by Crippen LogP contribution is -2.37. The lowest BCUT2D eigenvalue weighted by atomic mass is 9.97. The van der Waals surface area contributed by atoms with Crippen LogP contribution in [0.1, 0.15) is 29.0 Å². The second-order valence-corrected chi connectivity index (χ2v) is 5.43. The van der Waals surface area contributed by atoms with Crippen LogP contribution in [0.15, 0.2) is 14.0 Å². The van der Waals surface area contributed by atoms with Crippen LogP contribution in [0.2, 0.25) is 0 Å². The van der Waals surface area contributed by atoms with Crippen molar-refractivity contribution in [3.63, 3.8) is 0 Å². The first kappa shape index (κ1) is 12.9. The van der Waals surface area contributed by atoms with Crippen LogP contribution in [0, 0.1) is 0 Å². The monoisotopic (exact) mass is 300 g/mol. The van der Waals surface area contributed by atoms with Crippen molar-refractivity contribution >= 4 is 28.2 Å². The number of carbonyl (C=O) groups is 1. The predicted molar refractivity (Wildman–Crippen MR) is 77.1 cm³/mol. The standard InChI is InChI=1S/C14H12N4O4/c1-17-11-10(13(20)18(2)14(17)21)15-9-8-6(19)4-3-5-7(8)22-12(9)16-11/h3-5H2,1-2H3. The Balaban J connectivity index is 2.23. The average Bonchev–Trinajstić information content (AvgIpc) is 2.88. The van der Waals surface area contributed by atoms with E-state index in [0.717, 1.165) is 11.0 Å². The van der Waals surface area contributed by atoms with Crippen molar-refractivity contribution < 1.29 is 9.21 Å². The van der Waals surface area contributed by atoms with Crippen molar-refractivity contribution in [1.82, 2.24) is 19.1 Å². The molecule has 3 heterocycles. The summed E-state index contributed by atoms with van der Waals surface area (Å²) in [4.78, 5) is 44.9.